The van der Waals surface area contributed by atoms with Gasteiger partial charge in [-0.2, -0.15) is 0 Å². The van der Waals surface area contributed by atoms with Crippen molar-refractivity contribution < 1.29 is 0 Å². The van der Waals surface area contributed by atoms with Gasteiger partial charge in [0.2, 0.25) is 0 Å². The summed E-state index contributed by atoms with van der Waals surface area (Å²) < 4.78 is 0. The molecule has 0 saturated carbocycles. The average Bonchev–Trinajstić information content (AvgIpc) is 2.38. The molecule has 0 radical (unpaired) electrons. The van der Waals surface area contributed by atoms with E-state index in [9.17, 15) is 0 Å². The lowest BCUT2D eigenvalue weighted by Crippen LogP contribution is -2.59. The standard InChI is InChI=1S/C14H29N3/c1-3-14(15,4-2)12-16-9-10-17-8-6-5-7-13(17)11-16/h13H,3-12,15H2,1-2H3. The number of piperidine rings is 1. The number of hydrogen-bond donors (Lipinski definition) is 1. The van der Waals surface area contributed by atoms with E-state index in [1.807, 2.05) is 0 Å². The minimum absolute atomic E-state index is 0.0385. The molecule has 2 heterocycles. The minimum Gasteiger partial charge on any atom is -0.324 e. The summed E-state index contributed by atoms with van der Waals surface area (Å²) in [4.78, 5) is 5.30. The molecular formula is C14H29N3. The molecule has 2 saturated heterocycles. The SMILES string of the molecule is CCC(N)(CC)CN1CCN2CCCCC2C1. The quantitative estimate of drug-likeness (QED) is 0.810. The summed E-state index contributed by atoms with van der Waals surface area (Å²) in [6.07, 6.45) is 6.40. The Hall–Kier alpha value is -0.120. The molecule has 1 atom stereocenters. The molecule has 2 fully saturated rings. The Morgan fingerprint density at radius 2 is 1.88 bits per heavy atom. The van der Waals surface area contributed by atoms with Crippen LogP contribution in [0.2, 0.25) is 0 Å². The largest absolute Gasteiger partial charge is 0.324 e. The lowest BCUT2D eigenvalue weighted by Gasteiger charge is -2.46. The fourth-order valence-corrected chi connectivity index (χ4v) is 3.28. The van der Waals surface area contributed by atoms with Gasteiger partial charge in [-0.05, 0) is 32.2 Å². The fraction of sp³-hybridized carbons (Fsp3) is 1.00. The van der Waals surface area contributed by atoms with Crippen LogP contribution in [0.15, 0.2) is 0 Å². The van der Waals surface area contributed by atoms with Crippen LogP contribution in [0.5, 0.6) is 0 Å². The lowest BCUT2D eigenvalue weighted by atomic mass is 9.92. The summed E-state index contributed by atoms with van der Waals surface area (Å²) in [5, 5.41) is 0. The molecule has 0 aliphatic carbocycles. The molecule has 2 aliphatic heterocycles. The molecule has 0 aromatic rings. The van der Waals surface area contributed by atoms with E-state index in [0.717, 1.165) is 25.4 Å². The predicted molar refractivity (Wildman–Crippen MR) is 73.2 cm³/mol. The van der Waals surface area contributed by atoms with Gasteiger partial charge in [-0.25, -0.2) is 0 Å². The molecule has 2 aliphatic rings. The number of piperazine rings is 1. The van der Waals surface area contributed by atoms with Crippen molar-refractivity contribution in [3.05, 3.63) is 0 Å². The highest BCUT2D eigenvalue weighted by Gasteiger charge is 2.32. The molecule has 2 N–H and O–H groups in total. The molecule has 1 unspecified atom stereocenters. The number of nitrogens with two attached hydrogens (primary N) is 1. The van der Waals surface area contributed by atoms with Crippen molar-refractivity contribution in [2.24, 2.45) is 5.73 Å². The van der Waals surface area contributed by atoms with Gasteiger partial charge in [-0.15, -0.1) is 0 Å². The van der Waals surface area contributed by atoms with Crippen LogP contribution in [0.3, 0.4) is 0 Å². The van der Waals surface area contributed by atoms with Gasteiger partial charge >= 0.3 is 0 Å². The van der Waals surface area contributed by atoms with E-state index in [1.165, 1.54) is 45.4 Å². The van der Waals surface area contributed by atoms with Gasteiger partial charge in [-0.1, -0.05) is 20.3 Å². The molecule has 17 heavy (non-hydrogen) atoms. The molecular weight excluding hydrogens is 210 g/mol. The van der Waals surface area contributed by atoms with Crippen LogP contribution in [0.25, 0.3) is 0 Å². The van der Waals surface area contributed by atoms with Crippen LogP contribution in [0.1, 0.15) is 46.0 Å². The second-order valence-corrected chi connectivity index (χ2v) is 5.99. The third-order valence-electron chi connectivity index (χ3n) is 4.87. The van der Waals surface area contributed by atoms with Crippen molar-refractivity contribution in [2.75, 3.05) is 32.7 Å². The normalized spacial score (nSPS) is 28.1. The third kappa shape index (κ3) is 3.21. The number of hydrogen-bond acceptors (Lipinski definition) is 3. The predicted octanol–water partition coefficient (Wildman–Crippen LogP) is 1.67. The Morgan fingerprint density at radius 1 is 1.12 bits per heavy atom. The van der Waals surface area contributed by atoms with Gasteiger partial charge in [-0.3, -0.25) is 9.80 Å². The Bertz CT molecular complexity index is 238. The van der Waals surface area contributed by atoms with E-state index in [4.69, 9.17) is 5.73 Å². The van der Waals surface area contributed by atoms with Gasteiger partial charge in [0.05, 0.1) is 0 Å². The average molecular weight is 239 g/mol. The summed E-state index contributed by atoms with van der Waals surface area (Å²) in [6, 6.07) is 0.815. The Balaban J connectivity index is 1.87. The highest BCUT2D eigenvalue weighted by Crippen LogP contribution is 2.23. The van der Waals surface area contributed by atoms with Crippen molar-refractivity contribution >= 4 is 0 Å². The molecule has 0 spiro atoms. The van der Waals surface area contributed by atoms with Gasteiger partial charge in [0.15, 0.2) is 0 Å². The van der Waals surface area contributed by atoms with Crippen molar-refractivity contribution in [1.82, 2.24) is 9.80 Å². The minimum atomic E-state index is 0.0385. The zero-order valence-electron chi connectivity index (χ0n) is 11.6. The summed E-state index contributed by atoms with van der Waals surface area (Å²) in [5.74, 6) is 0. The Labute approximate surface area is 106 Å². The fourth-order valence-electron chi connectivity index (χ4n) is 3.28. The summed E-state index contributed by atoms with van der Waals surface area (Å²) in [5.41, 5.74) is 6.48. The molecule has 0 aromatic heterocycles. The van der Waals surface area contributed by atoms with Crippen LogP contribution in [-0.4, -0.2) is 54.1 Å². The summed E-state index contributed by atoms with van der Waals surface area (Å²) in [7, 11) is 0. The van der Waals surface area contributed by atoms with Crippen molar-refractivity contribution in [1.29, 1.82) is 0 Å². The molecule has 3 heteroatoms. The van der Waals surface area contributed by atoms with Crippen molar-refractivity contribution in [3.63, 3.8) is 0 Å². The number of nitrogens with zero attached hydrogens (tertiary/aromatic N) is 2. The lowest BCUT2D eigenvalue weighted by molar-refractivity contribution is 0.0373. The van der Waals surface area contributed by atoms with Crippen LogP contribution in [0, 0.1) is 0 Å². The molecule has 0 amide bonds. The first kappa shape index (κ1) is 13.3. The first-order valence-corrected chi connectivity index (χ1v) is 7.42. The van der Waals surface area contributed by atoms with Crippen LogP contribution >= 0.6 is 0 Å². The molecule has 0 bridgehead atoms. The van der Waals surface area contributed by atoms with Crippen molar-refractivity contribution in [2.45, 2.75) is 57.5 Å². The maximum absolute atomic E-state index is 6.44. The Morgan fingerprint density at radius 3 is 2.59 bits per heavy atom. The number of fused-ring (bicyclic) bond motifs is 1. The topological polar surface area (TPSA) is 32.5 Å². The summed E-state index contributed by atoms with van der Waals surface area (Å²) in [6.45, 7) is 10.6. The summed E-state index contributed by atoms with van der Waals surface area (Å²) >= 11 is 0. The van der Waals surface area contributed by atoms with Crippen LogP contribution in [0.4, 0.5) is 0 Å². The second kappa shape index (κ2) is 5.68. The van der Waals surface area contributed by atoms with Gasteiger partial charge in [0.1, 0.15) is 0 Å². The van der Waals surface area contributed by atoms with E-state index in [2.05, 4.69) is 23.6 Å². The van der Waals surface area contributed by atoms with Gasteiger partial charge in [0.25, 0.3) is 0 Å². The Kier molecular flexibility index (Phi) is 4.45. The van der Waals surface area contributed by atoms with Crippen molar-refractivity contribution in [3.8, 4) is 0 Å². The zero-order valence-corrected chi connectivity index (χ0v) is 11.6. The van der Waals surface area contributed by atoms with Gasteiger partial charge in [0, 0.05) is 37.8 Å². The van der Waals surface area contributed by atoms with E-state index in [-0.39, 0.29) is 5.54 Å². The van der Waals surface area contributed by atoms with E-state index in [1.54, 1.807) is 0 Å². The monoisotopic (exact) mass is 239 g/mol. The van der Waals surface area contributed by atoms with Gasteiger partial charge < -0.3 is 5.73 Å². The maximum Gasteiger partial charge on any atom is 0.0278 e. The van der Waals surface area contributed by atoms with E-state index in [0.29, 0.717) is 0 Å². The number of rotatable bonds is 4. The highest BCUT2D eigenvalue weighted by atomic mass is 15.3. The first-order chi connectivity index (χ1) is 8.17. The maximum atomic E-state index is 6.44. The smallest absolute Gasteiger partial charge is 0.0278 e. The molecule has 3 nitrogen and oxygen atoms in total. The van der Waals surface area contributed by atoms with Crippen LogP contribution in [-0.2, 0) is 0 Å². The first-order valence-electron chi connectivity index (χ1n) is 7.42. The molecule has 100 valence electrons. The van der Waals surface area contributed by atoms with E-state index < -0.39 is 0 Å². The zero-order chi connectivity index (χ0) is 12.3. The second-order valence-electron chi connectivity index (χ2n) is 5.99. The molecule has 0 aromatic carbocycles. The highest BCUT2D eigenvalue weighted by molar-refractivity contribution is 4.90. The van der Waals surface area contributed by atoms with Crippen LogP contribution < -0.4 is 5.73 Å². The molecule has 2 rings (SSSR count). The van der Waals surface area contributed by atoms with E-state index >= 15 is 0 Å². The third-order valence-corrected chi connectivity index (χ3v) is 4.87.